The van der Waals surface area contributed by atoms with E-state index in [1.165, 1.54) is 4.68 Å². The van der Waals surface area contributed by atoms with Crippen molar-refractivity contribution in [3.05, 3.63) is 87.9 Å². The fraction of sp³-hybridized carbons (Fsp3) is 0.136. The molecule has 2 aromatic carbocycles. The summed E-state index contributed by atoms with van der Waals surface area (Å²) < 4.78 is 5.56. The number of nitrogens with one attached hydrogen (secondary N) is 1. The second kappa shape index (κ2) is 8.30. The smallest absolute Gasteiger partial charge is 0.246 e. The summed E-state index contributed by atoms with van der Waals surface area (Å²) in [4.78, 5) is 12.8. The van der Waals surface area contributed by atoms with Gasteiger partial charge in [-0.25, -0.2) is 9.36 Å². The second-order valence-electron chi connectivity index (χ2n) is 6.96. The van der Waals surface area contributed by atoms with Gasteiger partial charge in [-0.15, -0.1) is 5.10 Å². The van der Waals surface area contributed by atoms with Crippen LogP contribution in [0.25, 0.3) is 11.4 Å². The van der Waals surface area contributed by atoms with E-state index in [0.29, 0.717) is 15.6 Å². The van der Waals surface area contributed by atoms with Crippen LogP contribution in [-0.4, -0.2) is 25.0 Å². The Kier molecular flexibility index (Phi) is 5.57. The topological polar surface area (TPSA) is 56.8 Å². The van der Waals surface area contributed by atoms with Crippen molar-refractivity contribution in [3.8, 4) is 11.4 Å². The SMILES string of the molecule is Cc1cccc(C)c1NC(=O)Cn1nc(-c2ccc(Cl)cc2)n(-n2cccc2)c1=S. The molecule has 2 heterocycles. The van der Waals surface area contributed by atoms with Crippen LogP contribution >= 0.6 is 23.8 Å². The molecule has 0 radical (unpaired) electrons. The van der Waals surface area contributed by atoms with Crippen molar-refractivity contribution in [2.45, 2.75) is 20.4 Å². The lowest BCUT2D eigenvalue weighted by atomic mass is 10.1. The number of aryl methyl sites for hydroxylation is 2. The van der Waals surface area contributed by atoms with Crippen molar-refractivity contribution in [1.29, 1.82) is 0 Å². The fourth-order valence-electron chi connectivity index (χ4n) is 3.27. The maximum absolute atomic E-state index is 12.8. The molecule has 0 aliphatic heterocycles. The highest BCUT2D eigenvalue weighted by Crippen LogP contribution is 2.22. The van der Waals surface area contributed by atoms with Crippen LogP contribution in [0.1, 0.15) is 11.1 Å². The van der Waals surface area contributed by atoms with Crippen molar-refractivity contribution in [2.75, 3.05) is 5.32 Å². The predicted octanol–water partition coefficient (Wildman–Crippen LogP) is 5.10. The Morgan fingerprint density at radius 3 is 2.30 bits per heavy atom. The monoisotopic (exact) mass is 437 g/mol. The molecule has 152 valence electrons. The van der Waals surface area contributed by atoms with E-state index >= 15 is 0 Å². The molecule has 0 saturated carbocycles. The molecule has 1 N–H and O–H groups in total. The largest absolute Gasteiger partial charge is 0.324 e. The summed E-state index contributed by atoms with van der Waals surface area (Å²) in [7, 11) is 0. The van der Waals surface area contributed by atoms with Crippen LogP contribution in [0.2, 0.25) is 5.02 Å². The van der Waals surface area contributed by atoms with Gasteiger partial charge in [0.2, 0.25) is 10.7 Å². The molecular weight excluding hydrogens is 418 g/mol. The highest BCUT2D eigenvalue weighted by Gasteiger charge is 2.17. The minimum Gasteiger partial charge on any atom is -0.324 e. The molecule has 0 saturated heterocycles. The first kappa shape index (κ1) is 20.1. The van der Waals surface area contributed by atoms with Crippen LogP contribution in [-0.2, 0) is 11.3 Å². The standard InChI is InChI=1S/C22H20ClN5OS/c1-15-6-5-7-16(2)20(15)24-19(29)14-27-22(30)28(26-12-3-4-13-26)21(25-27)17-8-10-18(23)11-9-17/h3-13H,14H2,1-2H3,(H,24,29). The number of carbonyl (C=O) groups excluding carboxylic acids is 1. The lowest BCUT2D eigenvalue weighted by Gasteiger charge is -2.11. The maximum atomic E-state index is 12.8. The third-order valence-electron chi connectivity index (χ3n) is 4.78. The van der Waals surface area contributed by atoms with Gasteiger partial charge in [0, 0.05) is 28.7 Å². The van der Waals surface area contributed by atoms with E-state index in [4.69, 9.17) is 23.8 Å². The highest BCUT2D eigenvalue weighted by atomic mass is 35.5. The number of carbonyl (C=O) groups is 1. The number of halogens is 1. The van der Waals surface area contributed by atoms with Crippen LogP contribution < -0.4 is 5.32 Å². The molecular formula is C22H20ClN5OS. The molecule has 4 rings (SSSR count). The number of benzene rings is 2. The Morgan fingerprint density at radius 1 is 1.03 bits per heavy atom. The van der Waals surface area contributed by atoms with Crippen molar-refractivity contribution < 1.29 is 4.79 Å². The lowest BCUT2D eigenvalue weighted by molar-refractivity contribution is -0.116. The number of hydrogen-bond acceptors (Lipinski definition) is 3. The van der Waals surface area contributed by atoms with Crippen molar-refractivity contribution in [2.24, 2.45) is 0 Å². The molecule has 2 aromatic heterocycles. The number of nitrogens with zero attached hydrogens (tertiary/aromatic N) is 4. The van der Waals surface area contributed by atoms with E-state index < -0.39 is 0 Å². The zero-order chi connectivity index (χ0) is 21.3. The summed E-state index contributed by atoms with van der Waals surface area (Å²) in [6, 6.07) is 17.0. The first-order valence-electron chi connectivity index (χ1n) is 9.39. The average Bonchev–Trinajstić information content (AvgIpc) is 3.34. The third-order valence-corrected chi connectivity index (χ3v) is 5.41. The molecule has 0 bridgehead atoms. The van der Waals surface area contributed by atoms with Crippen LogP contribution in [0.15, 0.2) is 67.0 Å². The lowest BCUT2D eigenvalue weighted by Crippen LogP contribution is -2.21. The third kappa shape index (κ3) is 3.94. The Hall–Kier alpha value is -3.16. The summed E-state index contributed by atoms with van der Waals surface area (Å²) >= 11 is 11.7. The summed E-state index contributed by atoms with van der Waals surface area (Å²) in [5.74, 6) is 0.427. The molecule has 0 aliphatic carbocycles. The van der Waals surface area contributed by atoms with Crippen LogP contribution in [0.5, 0.6) is 0 Å². The molecule has 4 aromatic rings. The second-order valence-corrected chi connectivity index (χ2v) is 7.76. The number of amides is 1. The molecule has 0 fully saturated rings. The Labute approximate surface area is 184 Å². The minimum absolute atomic E-state index is 0.00145. The van der Waals surface area contributed by atoms with Crippen LogP contribution in [0, 0.1) is 18.6 Å². The molecule has 1 amide bonds. The Morgan fingerprint density at radius 2 is 1.67 bits per heavy atom. The van der Waals surface area contributed by atoms with E-state index in [-0.39, 0.29) is 12.5 Å². The summed E-state index contributed by atoms with van der Waals surface area (Å²) in [5.41, 5.74) is 3.67. The van der Waals surface area contributed by atoms with Gasteiger partial charge in [0.25, 0.3) is 0 Å². The van der Waals surface area contributed by atoms with Crippen molar-refractivity contribution in [3.63, 3.8) is 0 Å². The van der Waals surface area contributed by atoms with E-state index in [1.54, 1.807) is 16.8 Å². The van der Waals surface area contributed by atoms with E-state index in [9.17, 15) is 4.79 Å². The summed E-state index contributed by atoms with van der Waals surface area (Å²) in [5, 5.41) is 8.26. The predicted molar refractivity (Wildman–Crippen MR) is 121 cm³/mol. The number of para-hydroxylation sites is 1. The number of hydrogen-bond donors (Lipinski definition) is 1. The molecule has 0 spiro atoms. The fourth-order valence-corrected chi connectivity index (χ4v) is 3.69. The molecule has 0 unspecified atom stereocenters. The Bertz CT molecular complexity index is 1240. The zero-order valence-corrected chi connectivity index (χ0v) is 18.1. The van der Waals surface area contributed by atoms with Gasteiger partial charge >= 0.3 is 0 Å². The van der Waals surface area contributed by atoms with E-state index in [2.05, 4.69) is 10.4 Å². The molecule has 30 heavy (non-hydrogen) atoms. The minimum atomic E-state index is -0.191. The van der Waals surface area contributed by atoms with Crippen molar-refractivity contribution >= 4 is 35.4 Å². The van der Waals surface area contributed by atoms with E-state index in [0.717, 1.165) is 22.4 Å². The zero-order valence-electron chi connectivity index (χ0n) is 16.5. The van der Waals surface area contributed by atoms with Gasteiger partial charge in [-0.05, 0) is 73.6 Å². The highest BCUT2D eigenvalue weighted by molar-refractivity contribution is 7.71. The van der Waals surface area contributed by atoms with Crippen LogP contribution in [0.3, 0.4) is 0 Å². The normalized spacial score (nSPS) is 10.9. The van der Waals surface area contributed by atoms with Gasteiger partial charge in [-0.3, -0.25) is 9.47 Å². The first-order chi connectivity index (χ1) is 14.4. The maximum Gasteiger partial charge on any atom is 0.246 e. The number of aromatic nitrogens is 4. The Balaban J connectivity index is 1.70. The van der Waals surface area contributed by atoms with Gasteiger partial charge in [-0.1, -0.05) is 29.8 Å². The molecule has 6 nitrogen and oxygen atoms in total. The molecule has 0 aliphatic rings. The first-order valence-corrected chi connectivity index (χ1v) is 10.2. The number of rotatable bonds is 5. The summed E-state index contributed by atoms with van der Waals surface area (Å²) in [6.45, 7) is 3.93. The summed E-state index contributed by atoms with van der Waals surface area (Å²) in [6.07, 6.45) is 3.75. The van der Waals surface area contributed by atoms with Gasteiger partial charge in [0.1, 0.15) is 6.54 Å². The quantitative estimate of drug-likeness (QED) is 0.442. The van der Waals surface area contributed by atoms with Crippen molar-refractivity contribution in [1.82, 2.24) is 19.1 Å². The van der Waals surface area contributed by atoms with Crippen LogP contribution in [0.4, 0.5) is 5.69 Å². The number of anilines is 1. The van der Waals surface area contributed by atoms with Gasteiger partial charge in [0.05, 0.1) is 0 Å². The molecule has 0 atom stereocenters. The average molecular weight is 438 g/mol. The van der Waals surface area contributed by atoms with Gasteiger partial charge in [-0.2, -0.15) is 0 Å². The van der Waals surface area contributed by atoms with E-state index in [1.807, 2.05) is 73.4 Å². The molecule has 8 heteroatoms. The van der Waals surface area contributed by atoms with Gasteiger partial charge < -0.3 is 5.32 Å². The van der Waals surface area contributed by atoms with Gasteiger partial charge in [0.15, 0.2) is 5.82 Å².